The van der Waals surface area contributed by atoms with E-state index in [1.807, 2.05) is 26.0 Å². The lowest BCUT2D eigenvalue weighted by molar-refractivity contribution is -0.110. The van der Waals surface area contributed by atoms with Crippen LogP contribution in [0.4, 0.5) is 5.69 Å². The van der Waals surface area contributed by atoms with Gasteiger partial charge in [-0.05, 0) is 37.5 Å². The van der Waals surface area contributed by atoms with Crippen LogP contribution >= 0.6 is 23.2 Å². The van der Waals surface area contributed by atoms with Crippen molar-refractivity contribution >= 4 is 40.4 Å². The van der Waals surface area contributed by atoms with Gasteiger partial charge in [-0.2, -0.15) is 0 Å². The summed E-state index contributed by atoms with van der Waals surface area (Å²) in [6.07, 6.45) is 1.57. The van der Waals surface area contributed by atoms with E-state index in [4.69, 9.17) is 23.2 Å². The number of carbonyl (C=O) groups excluding carboxylic acids is 1. The predicted octanol–water partition coefficient (Wildman–Crippen LogP) is 4.26. The van der Waals surface area contributed by atoms with Crippen LogP contribution in [0.5, 0.6) is 0 Å². The average Bonchev–Trinajstić information content (AvgIpc) is 2.64. The van der Waals surface area contributed by atoms with Crippen LogP contribution in [0.1, 0.15) is 31.4 Å². The number of fused-ring (bicyclic) bond motifs is 1. The third-order valence-corrected chi connectivity index (χ3v) is 3.79. The molecule has 1 heterocycles. The highest BCUT2D eigenvalue weighted by Crippen LogP contribution is 2.38. The van der Waals surface area contributed by atoms with Crippen molar-refractivity contribution in [3.63, 3.8) is 0 Å². The van der Waals surface area contributed by atoms with Gasteiger partial charge in [0.25, 0.3) is 5.91 Å². The van der Waals surface area contributed by atoms with Crippen LogP contribution in [-0.2, 0) is 11.2 Å². The molecule has 0 aromatic heterocycles. The Balaban J connectivity index is 2.58. The summed E-state index contributed by atoms with van der Waals surface area (Å²) >= 11 is 11.9. The lowest BCUT2D eigenvalue weighted by Gasteiger charge is -2.07. The maximum Gasteiger partial charge on any atom is 0.256 e. The van der Waals surface area contributed by atoms with Crippen molar-refractivity contribution in [2.24, 2.45) is 0 Å². The Morgan fingerprint density at radius 2 is 2.11 bits per heavy atom. The average molecular weight is 284 g/mol. The molecule has 1 amide bonds. The van der Waals surface area contributed by atoms with Crippen LogP contribution in [0, 0.1) is 0 Å². The van der Waals surface area contributed by atoms with E-state index in [2.05, 4.69) is 5.32 Å². The first-order chi connectivity index (χ1) is 8.58. The smallest absolute Gasteiger partial charge is 0.256 e. The van der Waals surface area contributed by atoms with Crippen molar-refractivity contribution in [2.75, 3.05) is 11.2 Å². The summed E-state index contributed by atoms with van der Waals surface area (Å²) in [6.45, 7) is 4.03. The van der Waals surface area contributed by atoms with Gasteiger partial charge in [0, 0.05) is 22.0 Å². The fourth-order valence-corrected chi connectivity index (χ4v) is 2.59. The van der Waals surface area contributed by atoms with Crippen molar-refractivity contribution in [3.8, 4) is 0 Å². The van der Waals surface area contributed by atoms with Gasteiger partial charge in [-0.25, -0.2) is 0 Å². The SMILES string of the molecule is CC/C(C)=C1/C(=O)Nc2cc(Cl)c(CCCl)cc21. The Hall–Kier alpha value is -0.990. The van der Waals surface area contributed by atoms with Gasteiger partial charge in [-0.1, -0.05) is 24.1 Å². The van der Waals surface area contributed by atoms with Crippen molar-refractivity contribution in [1.29, 1.82) is 0 Å². The number of aryl methyl sites for hydroxylation is 1. The van der Waals surface area contributed by atoms with E-state index >= 15 is 0 Å². The normalized spacial score (nSPS) is 16.6. The first-order valence-corrected chi connectivity index (χ1v) is 6.89. The first kappa shape index (κ1) is 13.4. The molecule has 1 aliphatic heterocycles. The van der Waals surface area contributed by atoms with Gasteiger partial charge in [0.1, 0.15) is 0 Å². The maximum absolute atomic E-state index is 12.0. The number of rotatable bonds is 3. The number of allylic oxidation sites excluding steroid dienone is 1. The maximum atomic E-state index is 12.0. The van der Waals surface area contributed by atoms with Crippen LogP contribution in [0.3, 0.4) is 0 Å². The number of hydrogen-bond donors (Lipinski definition) is 1. The number of alkyl halides is 1. The molecule has 0 saturated carbocycles. The zero-order valence-corrected chi connectivity index (χ0v) is 12.0. The highest BCUT2D eigenvalue weighted by atomic mass is 35.5. The van der Waals surface area contributed by atoms with Crippen molar-refractivity contribution < 1.29 is 4.79 Å². The minimum absolute atomic E-state index is 0.0385. The second-order valence-corrected chi connectivity index (χ2v) is 5.18. The lowest BCUT2D eigenvalue weighted by atomic mass is 9.98. The second kappa shape index (κ2) is 5.33. The van der Waals surface area contributed by atoms with E-state index in [0.29, 0.717) is 17.3 Å². The number of hydrogen-bond acceptors (Lipinski definition) is 1. The molecule has 0 atom stereocenters. The summed E-state index contributed by atoms with van der Waals surface area (Å²) in [6, 6.07) is 3.79. The number of amides is 1. The van der Waals surface area contributed by atoms with Crippen LogP contribution in [0.25, 0.3) is 5.57 Å². The van der Waals surface area contributed by atoms with E-state index in [0.717, 1.165) is 34.4 Å². The number of anilines is 1. The zero-order chi connectivity index (χ0) is 13.3. The Labute approximate surface area is 117 Å². The van der Waals surface area contributed by atoms with Gasteiger partial charge in [0.15, 0.2) is 0 Å². The largest absolute Gasteiger partial charge is 0.321 e. The molecule has 0 bridgehead atoms. The summed E-state index contributed by atoms with van der Waals surface area (Å²) in [7, 11) is 0. The fourth-order valence-electron chi connectivity index (χ4n) is 2.13. The van der Waals surface area contributed by atoms with Crippen LogP contribution in [-0.4, -0.2) is 11.8 Å². The molecule has 0 radical (unpaired) electrons. The van der Waals surface area contributed by atoms with Crippen LogP contribution < -0.4 is 5.32 Å². The molecule has 4 heteroatoms. The first-order valence-electron chi connectivity index (χ1n) is 5.98. The standard InChI is InChI=1S/C14H15Cl2NO/c1-3-8(2)13-10-6-9(4-5-15)11(16)7-12(10)17-14(13)18/h6-7H,3-5H2,1-2H3,(H,17,18)/b13-8+. The zero-order valence-electron chi connectivity index (χ0n) is 10.4. The third-order valence-electron chi connectivity index (χ3n) is 3.25. The lowest BCUT2D eigenvalue weighted by Crippen LogP contribution is -2.05. The van der Waals surface area contributed by atoms with E-state index in [1.165, 1.54) is 0 Å². The quantitative estimate of drug-likeness (QED) is 0.652. The minimum atomic E-state index is -0.0385. The Morgan fingerprint density at radius 3 is 2.72 bits per heavy atom. The third kappa shape index (κ3) is 2.27. The molecule has 0 aliphatic carbocycles. The molecule has 0 saturated heterocycles. The topological polar surface area (TPSA) is 29.1 Å². The van der Waals surface area contributed by atoms with Gasteiger partial charge < -0.3 is 5.32 Å². The molecule has 96 valence electrons. The summed E-state index contributed by atoms with van der Waals surface area (Å²) in [4.78, 5) is 12.0. The molecule has 0 unspecified atom stereocenters. The summed E-state index contributed by atoms with van der Waals surface area (Å²) in [5, 5.41) is 3.52. The summed E-state index contributed by atoms with van der Waals surface area (Å²) in [5.74, 6) is 0.481. The fraction of sp³-hybridized carbons (Fsp3) is 0.357. The summed E-state index contributed by atoms with van der Waals surface area (Å²) < 4.78 is 0. The Bertz CT molecular complexity index is 535. The van der Waals surface area contributed by atoms with Crippen LogP contribution in [0.2, 0.25) is 5.02 Å². The molecule has 2 nitrogen and oxygen atoms in total. The van der Waals surface area contributed by atoms with Crippen molar-refractivity contribution in [1.82, 2.24) is 0 Å². The molecule has 1 aromatic carbocycles. The highest BCUT2D eigenvalue weighted by Gasteiger charge is 2.26. The molecule has 0 spiro atoms. The van der Waals surface area contributed by atoms with E-state index in [-0.39, 0.29) is 5.91 Å². The van der Waals surface area contributed by atoms with Gasteiger partial charge >= 0.3 is 0 Å². The minimum Gasteiger partial charge on any atom is -0.321 e. The highest BCUT2D eigenvalue weighted by molar-refractivity contribution is 6.35. The number of benzene rings is 1. The number of nitrogens with one attached hydrogen (secondary N) is 1. The molecule has 2 rings (SSSR count). The van der Waals surface area contributed by atoms with E-state index in [9.17, 15) is 4.79 Å². The number of halogens is 2. The molecule has 1 aliphatic rings. The van der Waals surface area contributed by atoms with Gasteiger partial charge in [-0.3, -0.25) is 4.79 Å². The molecule has 1 N–H and O–H groups in total. The van der Waals surface area contributed by atoms with Gasteiger partial charge in [0.05, 0.1) is 5.69 Å². The van der Waals surface area contributed by atoms with E-state index in [1.54, 1.807) is 0 Å². The van der Waals surface area contributed by atoms with E-state index < -0.39 is 0 Å². The Kier molecular flexibility index (Phi) is 3.98. The molecular formula is C14H15Cl2NO. The molecule has 18 heavy (non-hydrogen) atoms. The van der Waals surface area contributed by atoms with Crippen molar-refractivity contribution in [3.05, 3.63) is 33.9 Å². The number of carbonyl (C=O) groups is 1. The molecule has 0 fully saturated rings. The second-order valence-electron chi connectivity index (χ2n) is 4.39. The monoisotopic (exact) mass is 283 g/mol. The molecular weight excluding hydrogens is 269 g/mol. The van der Waals surface area contributed by atoms with Gasteiger partial charge in [-0.15, -0.1) is 11.6 Å². The van der Waals surface area contributed by atoms with Gasteiger partial charge in [0.2, 0.25) is 0 Å². The van der Waals surface area contributed by atoms with Crippen molar-refractivity contribution in [2.45, 2.75) is 26.7 Å². The van der Waals surface area contributed by atoms with Crippen LogP contribution in [0.15, 0.2) is 17.7 Å². The predicted molar refractivity (Wildman–Crippen MR) is 77.4 cm³/mol. The summed E-state index contributed by atoms with van der Waals surface area (Å²) in [5.41, 5.74) is 4.60. The molecule has 1 aromatic rings. The Morgan fingerprint density at radius 1 is 1.39 bits per heavy atom.